The Labute approximate surface area is 159 Å². The van der Waals surface area contributed by atoms with E-state index in [2.05, 4.69) is 43.0 Å². The van der Waals surface area contributed by atoms with E-state index < -0.39 is 0 Å². The smallest absolute Gasteiger partial charge is 0.176 e. The monoisotopic (exact) mass is 362 g/mol. The van der Waals surface area contributed by atoms with Gasteiger partial charge in [0.1, 0.15) is 0 Å². The normalized spacial score (nSPS) is 24.5. The third-order valence-corrected chi connectivity index (χ3v) is 5.19. The Morgan fingerprint density at radius 2 is 2.12 bits per heavy atom. The molecule has 1 aliphatic rings. The highest BCUT2D eigenvalue weighted by Crippen LogP contribution is 2.32. The molecule has 0 saturated heterocycles. The van der Waals surface area contributed by atoms with Crippen molar-refractivity contribution >= 4 is 11.5 Å². The fraction of sp³-hybridized carbons (Fsp3) is 0.714. The van der Waals surface area contributed by atoms with Crippen LogP contribution >= 0.6 is 0 Å². The van der Waals surface area contributed by atoms with E-state index in [1.54, 1.807) is 6.92 Å². The van der Waals surface area contributed by atoms with E-state index in [-0.39, 0.29) is 5.78 Å². The van der Waals surface area contributed by atoms with Crippen molar-refractivity contribution in [2.24, 2.45) is 28.5 Å². The Balaban J connectivity index is 2.45. The highest BCUT2D eigenvalue weighted by Gasteiger charge is 2.26. The van der Waals surface area contributed by atoms with Crippen molar-refractivity contribution in [1.82, 2.24) is 10.6 Å². The minimum Gasteiger partial charge on any atom is -0.403 e. The van der Waals surface area contributed by atoms with E-state index in [9.17, 15) is 4.79 Å². The SMILES string of the molecule is C=C(NCC(C)C)N[C@@H]1CCCC(CCC(=O)C(C)=N/C=C\N)C(C)C1. The van der Waals surface area contributed by atoms with Gasteiger partial charge in [0, 0.05) is 31.4 Å². The molecule has 1 rings (SSSR count). The van der Waals surface area contributed by atoms with Crippen molar-refractivity contribution in [3.63, 3.8) is 0 Å². The number of aliphatic imine (C=N–C) groups is 1. The second-order valence-electron chi connectivity index (χ2n) is 8.02. The number of nitrogens with two attached hydrogens (primary N) is 1. The van der Waals surface area contributed by atoms with Crippen LogP contribution in [0.4, 0.5) is 0 Å². The van der Waals surface area contributed by atoms with Crippen LogP contribution in [-0.4, -0.2) is 24.1 Å². The van der Waals surface area contributed by atoms with Crippen molar-refractivity contribution < 1.29 is 4.79 Å². The Morgan fingerprint density at radius 3 is 2.77 bits per heavy atom. The molecule has 0 aliphatic heterocycles. The van der Waals surface area contributed by atoms with Gasteiger partial charge < -0.3 is 16.4 Å². The first-order chi connectivity index (χ1) is 12.3. The number of rotatable bonds is 10. The minimum absolute atomic E-state index is 0.125. The van der Waals surface area contributed by atoms with E-state index in [0.29, 0.717) is 35.9 Å². The zero-order chi connectivity index (χ0) is 19.5. The summed E-state index contributed by atoms with van der Waals surface area (Å²) in [4.78, 5) is 16.2. The van der Waals surface area contributed by atoms with Crippen molar-refractivity contribution in [3.05, 3.63) is 24.8 Å². The molecule has 26 heavy (non-hydrogen) atoms. The van der Waals surface area contributed by atoms with E-state index in [1.807, 2.05) is 0 Å². The molecule has 0 radical (unpaired) electrons. The highest BCUT2D eigenvalue weighted by atomic mass is 16.1. The van der Waals surface area contributed by atoms with E-state index in [0.717, 1.165) is 25.2 Å². The first-order valence-electron chi connectivity index (χ1n) is 9.97. The van der Waals surface area contributed by atoms with Gasteiger partial charge in [-0.2, -0.15) is 0 Å². The number of hydrogen-bond acceptors (Lipinski definition) is 5. The topological polar surface area (TPSA) is 79.5 Å². The van der Waals surface area contributed by atoms with Crippen LogP contribution in [0.25, 0.3) is 0 Å². The summed E-state index contributed by atoms with van der Waals surface area (Å²) in [7, 11) is 0. The van der Waals surface area contributed by atoms with Crippen LogP contribution in [0.1, 0.15) is 66.2 Å². The van der Waals surface area contributed by atoms with Crippen molar-refractivity contribution in [2.75, 3.05) is 6.54 Å². The van der Waals surface area contributed by atoms with Crippen LogP contribution in [0.3, 0.4) is 0 Å². The van der Waals surface area contributed by atoms with Crippen LogP contribution < -0.4 is 16.4 Å². The maximum Gasteiger partial charge on any atom is 0.176 e. The molecular weight excluding hydrogens is 324 g/mol. The first kappa shape index (κ1) is 22.3. The van der Waals surface area contributed by atoms with E-state index in [1.165, 1.54) is 31.7 Å². The molecular formula is C21H38N4O. The van der Waals surface area contributed by atoms with Gasteiger partial charge in [0.15, 0.2) is 5.78 Å². The van der Waals surface area contributed by atoms with Gasteiger partial charge in [0.05, 0.1) is 11.5 Å². The molecule has 0 aromatic heterocycles. The number of carbonyl (C=O) groups excluding carboxylic acids is 1. The molecule has 0 aromatic rings. The van der Waals surface area contributed by atoms with Gasteiger partial charge in [-0.3, -0.25) is 9.79 Å². The van der Waals surface area contributed by atoms with Gasteiger partial charge in [-0.25, -0.2) is 0 Å². The molecule has 0 bridgehead atoms. The molecule has 0 spiro atoms. The molecule has 1 aliphatic carbocycles. The molecule has 0 heterocycles. The summed E-state index contributed by atoms with van der Waals surface area (Å²) in [5.74, 6) is 2.86. The van der Waals surface area contributed by atoms with Gasteiger partial charge in [0.2, 0.25) is 0 Å². The predicted molar refractivity (Wildman–Crippen MR) is 111 cm³/mol. The lowest BCUT2D eigenvalue weighted by Crippen LogP contribution is -2.36. The molecule has 5 nitrogen and oxygen atoms in total. The summed E-state index contributed by atoms with van der Waals surface area (Å²) in [5, 5.41) is 6.93. The maximum absolute atomic E-state index is 12.2. The number of nitrogens with one attached hydrogen (secondary N) is 2. The fourth-order valence-electron chi connectivity index (χ4n) is 3.58. The quantitative estimate of drug-likeness (QED) is 0.409. The van der Waals surface area contributed by atoms with E-state index in [4.69, 9.17) is 5.73 Å². The van der Waals surface area contributed by atoms with Gasteiger partial charge in [0.25, 0.3) is 0 Å². The lowest BCUT2D eigenvalue weighted by atomic mass is 9.84. The second kappa shape index (κ2) is 11.8. The summed E-state index contributed by atoms with van der Waals surface area (Å²) in [5.41, 5.74) is 5.81. The van der Waals surface area contributed by atoms with Crippen molar-refractivity contribution in [1.29, 1.82) is 0 Å². The molecule has 148 valence electrons. The number of hydrogen-bond donors (Lipinski definition) is 3. The van der Waals surface area contributed by atoms with Gasteiger partial charge in [-0.1, -0.05) is 40.2 Å². The standard InChI is InChI=1S/C21H38N4O/c1-15(2)14-24-18(5)25-20-8-6-7-19(16(3)13-20)9-10-21(26)17(4)23-12-11-22/h11-12,15-16,19-20,24-25H,5-10,13-14,22H2,1-4H3/b12-11-,23-17?/t16?,19?,20-/m1/s1. The van der Waals surface area contributed by atoms with Crippen molar-refractivity contribution in [2.45, 2.75) is 72.3 Å². The van der Waals surface area contributed by atoms with Gasteiger partial charge in [-0.05, 0) is 43.9 Å². The fourth-order valence-corrected chi connectivity index (χ4v) is 3.58. The zero-order valence-corrected chi connectivity index (χ0v) is 17.1. The van der Waals surface area contributed by atoms with Crippen LogP contribution in [0.2, 0.25) is 0 Å². The largest absolute Gasteiger partial charge is 0.403 e. The lowest BCUT2D eigenvalue weighted by molar-refractivity contribution is -0.113. The Hall–Kier alpha value is -1.78. The third kappa shape index (κ3) is 8.54. The average Bonchev–Trinajstić information content (AvgIpc) is 2.76. The minimum atomic E-state index is 0.125. The molecule has 5 heteroatoms. The van der Waals surface area contributed by atoms with Crippen LogP contribution in [0.15, 0.2) is 29.8 Å². The summed E-state index contributed by atoms with van der Waals surface area (Å²) in [6, 6.07) is 0.468. The maximum atomic E-state index is 12.2. The number of Topliss-reactive ketones (excluding diaryl/α,β-unsaturated/α-hetero) is 1. The Kier molecular flexibility index (Phi) is 10.1. The average molecular weight is 363 g/mol. The van der Waals surface area contributed by atoms with Gasteiger partial charge in [-0.15, -0.1) is 0 Å². The molecule has 0 amide bonds. The zero-order valence-electron chi connectivity index (χ0n) is 17.1. The number of nitrogens with zero attached hydrogens (tertiary/aromatic N) is 1. The first-order valence-corrected chi connectivity index (χ1v) is 9.97. The summed E-state index contributed by atoms with van der Waals surface area (Å²) in [6.45, 7) is 13.5. The second-order valence-corrected chi connectivity index (χ2v) is 8.02. The molecule has 1 fully saturated rings. The molecule has 3 atom stereocenters. The van der Waals surface area contributed by atoms with Crippen LogP contribution in [0, 0.1) is 17.8 Å². The Morgan fingerprint density at radius 1 is 1.38 bits per heavy atom. The summed E-state index contributed by atoms with van der Waals surface area (Å²) >= 11 is 0. The molecule has 2 unspecified atom stereocenters. The molecule has 4 N–H and O–H groups in total. The molecule has 1 saturated carbocycles. The summed E-state index contributed by atoms with van der Waals surface area (Å²) in [6.07, 6.45) is 9.02. The van der Waals surface area contributed by atoms with Gasteiger partial charge >= 0.3 is 0 Å². The third-order valence-electron chi connectivity index (χ3n) is 5.19. The predicted octanol–water partition coefficient (Wildman–Crippen LogP) is 3.73. The summed E-state index contributed by atoms with van der Waals surface area (Å²) < 4.78 is 0. The van der Waals surface area contributed by atoms with Crippen LogP contribution in [-0.2, 0) is 4.79 Å². The molecule has 0 aromatic carbocycles. The highest BCUT2D eigenvalue weighted by molar-refractivity contribution is 6.39. The van der Waals surface area contributed by atoms with Crippen LogP contribution in [0.5, 0.6) is 0 Å². The number of carbonyl (C=O) groups is 1. The lowest BCUT2D eigenvalue weighted by Gasteiger charge is -2.25. The number of ketones is 1. The van der Waals surface area contributed by atoms with E-state index >= 15 is 0 Å². The Bertz CT molecular complexity index is 510. The van der Waals surface area contributed by atoms with Crippen molar-refractivity contribution in [3.8, 4) is 0 Å².